The smallest absolute Gasteiger partial charge is 0.342 e. The van der Waals surface area contributed by atoms with Crippen LogP contribution >= 0.6 is 58.3 Å². The lowest BCUT2D eigenvalue weighted by Gasteiger charge is -2.16. The Morgan fingerprint density at radius 3 is 2.30 bits per heavy atom. The fourth-order valence-electron chi connectivity index (χ4n) is 2.52. The van der Waals surface area contributed by atoms with Crippen molar-refractivity contribution in [3.63, 3.8) is 0 Å². The number of ether oxygens (including phenoxy) is 1. The molecule has 140 valence electrons. The van der Waals surface area contributed by atoms with Crippen molar-refractivity contribution in [3.8, 4) is 0 Å². The number of esters is 1. The number of halogens is 3. The van der Waals surface area contributed by atoms with Crippen LogP contribution in [-0.2, 0) is 4.74 Å². The first-order valence-electron chi connectivity index (χ1n) is 7.93. The van der Waals surface area contributed by atoms with Crippen LogP contribution in [0.4, 0.5) is 0 Å². The second-order valence-corrected chi connectivity index (χ2v) is 8.37. The third kappa shape index (κ3) is 4.17. The molecule has 0 aliphatic carbocycles. The second-order valence-electron chi connectivity index (χ2n) is 5.33. The first kappa shape index (κ1) is 20.6. The lowest BCUT2D eigenvalue weighted by atomic mass is 10.1. The minimum Gasteiger partial charge on any atom is -0.462 e. The van der Waals surface area contributed by atoms with E-state index in [4.69, 9.17) is 39.5 Å². The standard InChI is InChI=1S/C19H14Cl3NO2S2/c1-3-25-19(24)14-16(27-17-12(21)8-5-9-13(17)22)10-6-4-7-11(20)15(10)23-18(14)26-2/h4-9H,3H2,1-2H3. The zero-order valence-electron chi connectivity index (χ0n) is 14.4. The monoisotopic (exact) mass is 457 g/mol. The van der Waals surface area contributed by atoms with Gasteiger partial charge in [-0.15, -0.1) is 11.8 Å². The number of carbonyl (C=O) groups excluding carboxylic acids is 1. The van der Waals surface area contributed by atoms with Crippen LogP contribution in [0.2, 0.25) is 15.1 Å². The second kappa shape index (κ2) is 8.93. The van der Waals surface area contributed by atoms with Crippen LogP contribution in [0.5, 0.6) is 0 Å². The highest BCUT2D eigenvalue weighted by atomic mass is 35.5. The van der Waals surface area contributed by atoms with Gasteiger partial charge in [-0.1, -0.05) is 64.8 Å². The Balaban J connectivity index is 2.34. The van der Waals surface area contributed by atoms with Gasteiger partial charge >= 0.3 is 5.97 Å². The van der Waals surface area contributed by atoms with Crippen LogP contribution in [0.15, 0.2) is 51.2 Å². The molecular formula is C19H14Cl3NO2S2. The van der Waals surface area contributed by atoms with E-state index in [-0.39, 0.29) is 6.61 Å². The molecule has 0 unspecified atom stereocenters. The number of para-hydroxylation sites is 1. The molecule has 0 saturated carbocycles. The number of hydrogen-bond acceptors (Lipinski definition) is 5. The number of nitrogens with zero attached hydrogens (tertiary/aromatic N) is 1. The Kier molecular flexibility index (Phi) is 6.82. The molecule has 0 fully saturated rings. The van der Waals surface area contributed by atoms with E-state index in [2.05, 4.69) is 4.98 Å². The summed E-state index contributed by atoms with van der Waals surface area (Å²) in [6.45, 7) is 2.02. The van der Waals surface area contributed by atoms with Crippen LogP contribution in [0, 0.1) is 0 Å². The maximum Gasteiger partial charge on any atom is 0.342 e. The van der Waals surface area contributed by atoms with Gasteiger partial charge < -0.3 is 4.74 Å². The molecule has 3 nitrogen and oxygen atoms in total. The Morgan fingerprint density at radius 2 is 1.67 bits per heavy atom. The molecule has 1 heterocycles. The van der Waals surface area contributed by atoms with Gasteiger partial charge in [0.2, 0.25) is 0 Å². The van der Waals surface area contributed by atoms with E-state index in [1.54, 1.807) is 31.2 Å². The van der Waals surface area contributed by atoms with Crippen molar-refractivity contribution in [2.75, 3.05) is 12.9 Å². The number of benzene rings is 2. The van der Waals surface area contributed by atoms with E-state index in [9.17, 15) is 4.79 Å². The van der Waals surface area contributed by atoms with E-state index < -0.39 is 5.97 Å². The first-order chi connectivity index (χ1) is 13.0. The van der Waals surface area contributed by atoms with Crippen molar-refractivity contribution in [2.24, 2.45) is 0 Å². The minimum absolute atomic E-state index is 0.261. The Bertz CT molecular complexity index is 1010. The highest BCUT2D eigenvalue weighted by Gasteiger charge is 2.25. The van der Waals surface area contributed by atoms with Gasteiger partial charge in [-0.3, -0.25) is 0 Å². The van der Waals surface area contributed by atoms with Crippen molar-refractivity contribution in [3.05, 3.63) is 57.0 Å². The van der Waals surface area contributed by atoms with Crippen LogP contribution in [0.25, 0.3) is 10.9 Å². The molecule has 0 saturated heterocycles. The maximum absolute atomic E-state index is 12.7. The van der Waals surface area contributed by atoms with E-state index in [0.717, 1.165) is 5.39 Å². The average Bonchev–Trinajstić information content (AvgIpc) is 2.64. The van der Waals surface area contributed by atoms with Gasteiger partial charge in [-0.05, 0) is 31.4 Å². The van der Waals surface area contributed by atoms with Gasteiger partial charge in [0.25, 0.3) is 0 Å². The van der Waals surface area contributed by atoms with Gasteiger partial charge in [0.15, 0.2) is 0 Å². The number of thioether (sulfide) groups is 1. The third-order valence-electron chi connectivity index (χ3n) is 3.68. The van der Waals surface area contributed by atoms with Crippen molar-refractivity contribution in [2.45, 2.75) is 21.7 Å². The number of pyridine rings is 1. The SMILES string of the molecule is CCOC(=O)c1c(SC)nc2c(Cl)cccc2c1Sc1c(Cl)cccc1Cl. The fraction of sp³-hybridized carbons (Fsp3) is 0.158. The Labute approximate surface area is 180 Å². The Morgan fingerprint density at radius 1 is 1.04 bits per heavy atom. The molecule has 0 N–H and O–H groups in total. The molecule has 0 aliphatic heterocycles. The highest BCUT2D eigenvalue weighted by Crippen LogP contribution is 2.45. The van der Waals surface area contributed by atoms with Crippen molar-refractivity contribution < 1.29 is 9.53 Å². The molecule has 0 atom stereocenters. The zero-order chi connectivity index (χ0) is 19.6. The summed E-state index contributed by atoms with van der Waals surface area (Å²) < 4.78 is 5.28. The van der Waals surface area contributed by atoms with Crippen LogP contribution in [0.3, 0.4) is 0 Å². The Hall–Kier alpha value is -1.11. The average molecular weight is 459 g/mol. The normalized spacial score (nSPS) is 11.0. The summed E-state index contributed by atoms with van der Waals surface area (Å²) >= 11 is 21.8. The summed E-state index contributed by atoms with van der Waals surface area (Å²) in [6.07, 6.45) is 1.85. The van der Waals surface area contributed by atoms with Gasteiger partial charge in [-0.25, -0.2) is 9.78 Å². The number of carbonyl (C=O) groups is 1. The maximum atomic E-state index is 12.7. The van der Waals surface area contributed by atoms with Crippen LogP contribution < -0.4 is 0 Å². The van der Waals surface area contributed by atoms with Gasteiger partial charge in [0, 0.05) is 15.2 Å². The van der Waals surface area contributed by atoms with Crippen LogP contribution in [-0.4, -0.2) is 23.8 Å². The summed E-state index contributed by atoms with van der Waals surface area (Å²) in [5, 5.41) is 2.79. The van der Waals surface area contributed by atoms with Crippen LogP contribution in [0.1, 0.15) is 17.3 Å². The van der Waals surface area contributed by atoms with Crippen molar-refractivity contribution in [1.29, 1.82) is 0 Å². The minimum atomic E-state index is -0.443. The number of hydrogen-bond donors (Lipinski definition) is 0. The molecule has 8 heteroatoms. The van der Waals surface area contributed by atoms with Crippen molar-refractivity contribution in [1.82, 2.24) is 4.98 Å². The molecule has 0 bridgehead atoms. The number of rotatable bonds is 5. The summed E-state index contributed by atoms with van der Waals surface area (Å²) in [5.41, 5.74) is 1.00. The summed E-state index contributed by atoms with van der Waals surface area (Å²) in [7, 11) is 0. The zero-order valence-corrected chi connectivity index (χ0v) is 18.3. The van der Waals surface area contributed by atoms with E-state index in [1.807, 2.05) is 18.4 Å². The highest BCUT2D eigenvalue weighted by molar-refractivity contribution is 8.00. The van der Waals surface area contributed by atoms with E-state index in [0.29, 0.717) is 41.0 Å². The largest absolute Gasteiger partial charge is 0.462 e. The molecule has 2 aromatic carbocycles. The lowest BCUT2D eigenvalue weighted by Crippen LogP contribution is -2.10. The lowest BCUT2D eigenvalue weighted by molar-refractivity contribution is 0.0517. The molecule has 0 aliphatic rings. The molecule has 0 amide bonds. The van der Waals surface area contributed by atoms with E-state index >= 15 is 0 Å². The van der Waals surface area contributed by atoms with Gasteiger partial charge in [-0.2, -0.15) is 0 Å². The molecule has 0 spiro atoms. The quantitative estimate of drug-likeness (QED) is 0.297. The molecule has 3 aromatic rings. The summed E-state index contributed by atoms with van der Waals surface area (Å²) in [4.78, 5) is 18.7. The summed E-state index contributed by atoms with van der Waals surface area (Å²) in [5.74, 6) is -0.443. The molecule has 0 radical (unpaired) electrons. The molecule has 1 aromatic heterocycles. The van der Waals surface area contributed by atoms with E-state index in [1.165, 1.54) is 23.5 Å². The predicted octanol–water partition coefficient (Wildman–Crippen LogP) is 7.24. The van der Waals surface area contributed by atoms with Gasteiger partial charge in [0.1, 0.15) is 10.6 Å². The van der Waals surface area contributed by atoms with Crippen molar-refractivity contribution >= 4 is 75.2 Å². The summed E-state index contributed by atoms with van der Waals surface area (Å²) in [6, 6.07) is 10.7. The molecular weight excluding hydrogens is 445 g/mol. The first-order valence-corrected chi connectivity index (χ1v) is 11.1. The predicted molar refractivity (Wildman–Crippen MR) is 115 cm³/mol. The molecule has 27 heavy (non-hydrogen) atoms. The molecule has 3 rings (SSSR count). The third-order valence-corrected chi connectivity index (χ3v) is 6.79. The fourth-order valence-corrected chi connectivity index (χ4v) is 5.09. The number of aromatic nitrogens is 1. The van der Waals surface area contributed by atoms with Gasteiger partial charge in [0.05, 0.1) is 27.2 Å². The topological polar surface area (TPSA) is 39.2 Å². The number of fused-ring (bicyclic) bond motifs is 1.